The van der Waals surface area contributed by atoms with Crippen LogP contribution in [0.3, 0.4) is 0 Å². The predicted octanol–water partition coefficient (Wildman–Crippen LogP) is 4.73. The van der Waals surface area contributed by atoms with Crippen molar-refractivity contribution in [1.82, 2.24) is 9.80 Å². The number of urea groups is 1. The van der Waals surface area contributed by atoms with Crippen LogP contribution in [0.25, 0.3) is 0 Å². The van der Waals surface area contributed by atoms with Gasteiger partial charge in [-0.3, -0.25) is 4.90 Å². The SMILES string of the molecule is COc1cccc(NC(=O)N2CCC3(CC2)CN(Cc2ccccc2C(F)(F)F)C(=O)O3)c1. The van der Waals surface area contributed by atoms with Crippen molar-refractivity contribution in [1.29, 1.82) is 0 Å². The minimum absolute atomic E-state index is 0.0223. The monoisotopic (exact) mass is 463 g/mol. The summed E-state index contributed by atoms with van der Waals surface area (Å²) < 4.78 is 50.7. The highest BCUT2D eigenvalue weighted by Crippen LogP contribution is 2.36. The lowest BCUT2D eigenvalue weighted by Crippen LogP contribution is -2.49. The minimum Gasteiger partial charge on any atom is -0.497 e. The molecule has 33 heavy (non-hydrogen) atoms. The maximum Gasteiger partial charge on any atom is 0.416 e. The number of methoxy groups -OCH3 is 1. The van der Waals surface area contributed by atoms with Gasteiger partial charge in [-0.2, -0.15) is 13.2 Å². The molecular weight excluding hydrogens is 439 g/mol. The maximum atomic E-state index is 13.3. The molecule has 0 radical (unpaired) electrons. The Morgan fingerprint density at radius 3 is 2.58 bits per heavy atom. The van der Waals surface area contributed by atoms with E-state index in [1.807, 2.05) is 0 Å². The van der Waals surface area contributed by atoms with Crippen molar-refractivity contribution >= 4 is 17.8 Å². The summed E-state index contributed by atoms with van der Waals surface area (Å²) in [7, 11) is 1.54. The van der Waals surface area contributed by atoms with E-state index in [-0.39, 0.29) is 24.7 Å². The lowest BCUT2D eigenvalue weighted by atomic mass is 9.91. The first-order valence-corrected chi connectivity index (χ1v) is 10.5. The van der Waals surface area contributed by atoms with E-state index in [0.29, 0.717) is 37.4 Å². The number of alkyl halides is 3. The Bertz CT molecular complexity index is 1040. The van der Waals surface area contributed by atoms with E-state index in [9.17, 15) is 22.8 Å². The van der Waals surface area contributed by atoms with Crippen molar-refractivity contribution in [2.24, 2.45) is 0 Å². The van der Waals surface area contributed by atoms with Crippen molar-refractivity contribution < 1.29 is 32.2 Å². The third-order valence-electron chi connectivity index (χ3n) is 6.01. The van der Waals surface area contributed by atoms with Crippen LogP contribution >= 0.6 is 0 Å². The third-order valence-corrected chi connectivity index (χ3v) is 6.01. The molecule has 1 N–H and O–H groups in total. The molecule has 2 saturated heterocycles. The topological polar surface area (TPSA) is 71.1 Å². The number of ether oxygens (including phenoxy) is 2. The molecule has 7 nitrogen and oxygen atoms in total. The van der Waals surface area contributed by atoms with Crippen molar-refractivity contribution in [3.05, 3.63) is 59.7 Å². The fourth-order valence-corrected chi connectivity index (χ4v) is 4.24. The first kappa shape index (κ1) is 22.8. The molecule has 2 aliphatic heterocycles. The number of halogens is 3. The molecule has 2 aromatic carbocycles. The standard InChI is InChI=1S/C23H24F3N3O4/c1-32-18-7-4-6-17(13-18)27-20(30)28-11-9-22(10-12-28)15-29(21(31)33-22)14-16-5-2-3-8-19(16)23(24,25)26/h2-8,13H,9-12,14-15H2,1H3,(H,27,30). The van der Waals surface area contributed by atoms with E-state index in [4.69, 9.17) is 9.47 Å². The number of piperidine rings is 1. The average Bonchev–Trinajstić information content (AvgIpc) is 3.08. The summed E-state index contributed by atoms with van der Waals surface area (Å²) in [4.78, 5) is 28.0. The molecule has 0 bridgehead atoms. The number of anilines is 1. The van der Waals surface area contributed by atoms with E-state index in [2.05, 4.69) is 5.32 Å². The molecule has 2 aliphatic rings. The van der Waals surface area contributed by atoms with Crippen molar-refractivity contribution in [2.45, 2.75) is 31.2 Å². The van der Waals surface area contributed by atoms with Gasteiger partial charge in [-0.15, -0.1) is 0 Å². The number of hydrogen-bond acceptors (Lipinski definition) is 4. The molecule has 176 valence electrons. The normalized spacial score (nSPS) is 17.8. The van der Waals surface area contributed by atoms with Crippen LogP contribution < -0.4 is 10.1 Å². The Balaban J connectivity index is 1.36. The molecule has 0 aliphatic carbocycles. The van der Waals surface area contributed by atoms with Gasteiger partial charge < -0.3 is 19.7 Å². The number of nitrogens with one attached hydrogen (secondary N) is 1. The van der Waals surface area contributed by atoms with Crippen LogP contribution in [-0.4, -0.2) is 54.3 Å². The van der Waals surface area contributed by atoms with Crippen LogP contribution in [0.1, 0.15) is 24.0 Å². The molecule has 10 heteroatoms. The number of rotatable bonds is 4. The lowest BCUT2D eigenvalue weighted by molar-refractivity contribution is -0.138. The van der Waals surface area contributed by atoms with Gasteiger partial charge in [0, 0.05) is 44.2 Å². The van der Waals surface area contributed by atoms with Gasteiger partial charge >= 0.3 is 18.3 Å². The van der Waals surface area contributed by atoms with Gasteiger partial charge in [0.25, 0.3) is 0 Å². The van der Waals surface area contributed by atoms with Gasteiger partial charge in [-0.1, -0.05) is 24.3 Å². The molecule has 0 aromatic heterocycles. The summed E-state index contributed by atoms with van der Waals surface area (Å²) in [5.41, 5.74) is -0.949. The fraction of sp³-hybridized carbons (Fsp3) is 0.391. The molecular formula is C23H24F3N3O4. The Kier molecular flexibility index (Phi) is 6.09. The largest absolute Gasteiger partial charge is 0.497 e. The van der Waals surface area contributed by atoms with Crippen LogP contribution in [0.4, 0.5) is 28.4 Å². The molecule has 0 saturated carbocycles. The van der Waals surface area contributed by atoms with Crippen LogP contribution in [0.15, 0.2) is 48.5 Å². The first-order chi connectivity index (χ1) is 15.7. The van der Waals surface area contributed by atoms with Gasteiger partial charge in [-0.25, -0.2) is 9.59 Å². The first-order valence-electron chi connectivity index (χ1n) is 10.5. The smallest absolute Gasteiger partial charge is 0.416 e. The van der Waals surface area contributed by atoms with E-state index in [1.54, 1.807) is 36.3 Å². The summed E-state index contributed by atoms with van der Waals surface area (Å²) in [6.45, 7) is 0.714. The van der Waals surface area contributed by atoms with Crippen molar-refractivity contribution in [3.8, 4) is 5.75 Å². The maximum absolute atomic E-state index is 13.3. The summed E-state index contributed by atoms with van der Waals surface area (Å²) in [5, 5.41) is 2.82. The van der Waals surface area contributed by atoms with E-state index >= 15 is 0 Å². The highest BCUT2D eigenvalue weighted by atomic mass is 19.4. The van der Waals surface area contributed by atoms with Crippen LogP contribution in [-0.2, 0) is 17.5 Å². The van der Waals surface area contributed by atoms with E-state index in [0.717, 1.165) is 6.07 Å². The van der Waals surface area contributed by atoms with Crippen LogP contribution in [0.5, 0.6) is 5.75 Å². The second-order valence-corrected chi connectivity index (χ2v) is 8.21. The third kappa shape index (κ3) is 4.99. The van der Waals surface area contributed by atoms with Crippen LogP contribution in [0.2, 0.25) is 0 Å². The zero-order valence-electron chi connectivity index (χ0n) is 18.0. The fourth-order valence-electron chi connectivity index (χ4n) is 4.24. The van der Waals surface area contributed by atoms with Gasteiger partial charge in [0.2, 0.25) is 0 Å². The summed E-state index contributed by atoms with van der Waals surface area (Å²) in [6.07, 6.45) is -4.33. The molecule has 2 aromatic rings. The Labute approximate surface area is 189 Å². The molecule has 2 heterocycles. The zero-order chi connectivity index (χ0) is 23.6. The minimum atomic E-state index is -4.50. The molecule has 1 spiro atoms. The predicted molar refractivity (Wildman–Crippen MR) is 114 cm³/mol. The van der Waals surface area contributed by atoms with Crippen LogP contribution in [0, 0.1) is 0 Å². The summed E-state index contributed by atoms with van der Waals surface area (Å²) in [5.74, 6) is 0.621. The second kappa shape index (κ2) is 8.84. The quantitative estimate of drug-likeness (QED) is 0.712. The number of benzene rings is 2. The zero-order valence-corrected chi connectivity index (χ0v) is 18.0. The number of hydrogen-bond donors (Lipinski definition) is 1. The summed E-state index contributed by atoms with van der Waals surface area (Å²) in [6, 6.07) is 11.9. The summed E-state index contributed by atoms with van der Waals surface area (Å²) >= 11 is 0. The number of likely N-dealkylation sites (tertiary alicyclic amines) is 1. The Morgan fingerprint density at radius 2 is 1.88 bits per heavy atom. The van der Waals surface area contributed by atoms with Gasteiger partial charge in [-0.05, 0) is 23.8 Å². The van der Waals surface area contributed by atoms with Gasteiger partial charge in [0.15, 0.2) is 0 Å². The van der Waals surface area contributed by atoms with Crippen molar-refractivity contribution in [2.75, 3.05) is 32.1 Å². The number of carbonyl (C=O) groups excluding carboxylic acids is 2. The lowest BCUT2D eigenvalue weighted by Gasteiger charge is -2.37. The molecule has 2 fully saturated rings. The average molecular weight is 463 g/mol. The van der Waals surface area contributed by atoms with E-state index < -0.39 is 23.4 Å². The van der Waals surface area contributed by atoms with Crippen molar-refractivity contribution in [3.63, 3.8) is 0 Å². The highest BCUT2D eigenvalue weighted by molar-refractivity contribution is 5.89. The Hall–Kier alpha value is -3.43. The second-order valence-electron chi connectivity index (χ2n) is 8.21. The molecule has 3 amide bonds. The number of carbonyl (C=O) groups is 2. The van der Waals surface area contributed by atoms with E-state index in [1.165, 1.54) is 23.1 Å². The molecule has 0 unspecified atom stereocenters. The van der Waals surface area contributed by atoms with Gasteiger partial charge in [0.05, 0.1) is 19.2 Å². The molecule has 4 rings (SSSR count). The Morgan fingerprint density at radius 1 is 1.15 bits per heavy atom. The number of amides is 3. The highest BCUT2D eigenvalue weighted by Gasteiger charge is 2.48. The molecule has 0 atom stereocenters. The van der Waals surface area contributed by atoms with Gasteiger partial charge in [0.1, 0.15) is 11.4 Å². The number of nitrogens with zero attached hydrogens (tertiary/aromatic N) is 2.